The fraction of sp³-hybridized carbons (Fsp3) is 0.577. The molecule has 0 fully saturated rings. The lowest BCUT2D eigenvalue weighted by atomic mass is 9.72. The highest BCUT2D eigenvalue weighted by atomic mass is 14.3. The highest BCUT2D eigenvalue weighted by Gasteiger charge is 2.27. The van der Waals surface area contributed by atoms with Gasteiger partial charge in [-0.05, 0) is 139 Å². The molecule has 0 N–H and O–H groups in total. The van der Waals surface area contributed by atoms with E-state index in [9.17, 15) is 0 Å². The minimum absolute atomic E-state index is 0.289. The molecule has 0 aromatic heterocycles. The summed E-state index contributed by atoms with van der Waals surface area (Å²) >= 11 is 0. The Labute approximate surface area is 324 Å². The van der Waals surface area contributed by atoms with Crippen molar-refractivity contribution in [3.63, 3.8) is 0 Å². The molecule has 2 unspecified atom stereocenters. The molecule has 2 atom stereocenters. The van der Waals surface area contributed by atoms with Gasteiger partial charge in [0.25, 0.3) is 0 Å². The van der Waals surface area contributed by atoms with Crippen molar-refractivity contribution in [3.05, 3.63) is 130 Å². The van der Waals surface area contributed by atoms with Crippen LogP contribution in [0.1, 0.15) is 167 Å². The van der Waals surface area contributed by atoms with Gasteiger partial charge in [-0.1, -0.05) is 186 Å². The summed E-state index contributed by atoms with van der Waals surface area (Å²) in [5.74, 6) is 2.08. The van der Waals surface area contributed by atoms with Gasteiger partial charge in [-0.15, -0.1) is 0 Å². The first-order chi connectivity index (χ1) is 24.4. The van der Waals surface area contributed by atoms with E-state index in [-0.39, 0.29) is 5.41 Å². The van der Waals surface area contributed by atoms with E-state index in [0.717, 1.165) is 18.3 Å². The lowest BCUT2D eigenvalue weighted by Gasteiger charge is -2.33. The molecule has 288 valence electrons. The molecule has 0 nitrogen and oxygen atoms in total. The van der Waals surface area contributed by atoms with Crippen LogP contribution in [0.2, 0.25) is 0 Å². The Hall–Kier alpha value is -2.86. The van der Waals surface area contributed by atoms with Crippen LogP contribution in [0, 0.1) is 28.6 Å². The standard InChI is InChI=1S/C52H80/c1-39(2)48(38-45(8)37-44(7)26-19-24-41(4)31-33-50-47(10)28-21-35-52(50,13)14)29-17-15-16-22-42(5)36-43(6)25-18-23-40(3)30-32-49-46(9)27-20-34-51(49,11)12/h18-19,23-26,30-33,36-37,39,45,48H,5,15-17,20-22,27-29,34-35,38H2,1-4,6-14H3/b25-18+,26-19+,32-30+,33-31+,40-23+,41-24+,43-36+,44-37+. The van der Waals surface area contributed by atoms with E-state index >= 15 is 0 Å². The summed E-state index contributed by atoms with van der Waals surface area (Å²) in [6, 6.07) is 0. The molecule has 0 aromatic carbocycles. The van der Waals surface area contributed by atoms with Crippen molar-refractivity contribution in [2.75, 3.05) is 0 Å². The number of hydrogen-bond donors (Lipinski definition) is 0. The molecule has 2 aliphatic rings. The molecule has 0 radical (unpaired) electrons. The Morgan fingerprint density at radius 1 is 0.673 bits per heavy atom. The van der Waals surface area contributed by atoms with Crippen LogP contribution in [0.5, 0.6) is 0 Å². The van der Waals surface area contributed by atoms with Crippen molar-refractivity contribution in [2.24, 2.45) is 28.6 Å². The Balaban J connectivity index is 1.77. The maximum atomic E-state index is 4.37. The maximum Gasteiger partial charge on any atom is -0.0104 e. The normalized spacial score (nSPS) is 20.8. The summed E-state index contributed by atoms with van der Waals surface area (Å²) in [6.45, 7) is 34.6. The smallest absolute Gasteiger partial charge is 0.0104 e. The lowest BCUT2D eigenvalue weighted by molar-refractivity contribution is 0.300. The largest absolute Gasteiger partial charge is 0.0958 e. The average molecular weight is 705 g/mol. The molecule has 0 saturated carbocycles. The van der Waals surface area contributed by atoms with Crippen LogP contribution in [0.15, 0.2) is 130 Å². The molecule has 0 saturated heterocycles. The predicted molar refractivity (Wildman–Crippen MR) is 237 cm³/mol. The van der Waals surface area contributed by atoms with E-state index in [1.807, 2.05) is 0 Å². The van der Waals surface area contributed by atoms with E-state index in [2.05, 4.69) is 169 Å². The predicted octanol–water partition coefficient (Wildman–Crippen LogP) is 16.9. The molecule has 0 heteroatoms. The van der Waals surface area contributed by atoms with E-state index in [1.165, 1.54) is 110 Å². The molecule has 52 heavy (non-hydrogen) atoms. The third-order valence-corrected chi connectivity index (χ3v) is 11.7. The third-order valence-electron chi connectivity index (χ3n) is 11.7. The van der Waals surface area contributed by atoms with E-state index < -0.39 is 0 Å². The van der Waals surface area contributed by atoms with E-state index in [4.69, 9.17) is 0 Å². The molecule has 0 aromatic rings. The first-order valence-corrected chi connectivity index (χ1v) is 20.9. The Bertz CT molecular complexity index is 1470. The summed E-state index contributed by atoms with van der Waals surface area (Å²) in [5.41, 5.74) is 13.2. The fourth-order valence-corrected chi connectivity index (χ4v) is 8.42. The van der Waals surface area contributed by atoms with Crippen molar-refractivity contribution >= 4 is 0 Å². The molecule has 0 bridgehead atoms. The van der Waals surface area contributed by atoms with Crippen LogP contribution < -0.4 is 0 Å². The second kappa shape index (κ2) is 22.4. The van der Waals surface area contributed by atoms with Crippen molar-refractivity contribution in [2.45, 2.75) is 167 Å². The van der Waals surface area contributed by atoms with Gasteiger partial charge in [-0.25, -0.2) is 0 Å². The Kier molecular flexibility index (Phi) is 19.5. The van der Waals surface area contributed by atoms with Crippen molar-refractivity contribution in [3.8, 4) is 0 Å². The van der Waals surface area contributed by atoms with Crippen molar-refractivity contribution in [1.29, 1.82) is 0 Å². The molecule has 0 spiro atoms. The highest BCUT2D eigenvalue weighted by Crippen LogP contribution is 2.42. The van der Waals surface area contributed by atoms with Gasteiger partial charge >= 0.3 is 0 Å². The first-order valence-electron chi connectivity index (χ1n) is 20.9. The van der Waals surface area contributed by atoms with Gasteiger partial charge in [0.05, 0.1) is 0 Å². The molecule has 2 rings (SSSR count). The van der Waals surface area contributed by atoms with Crippen LogP contribution in [0.3, 0.4) is 0 Å². The number of rotatable bonds is 19. The summed E-state index contributed by atoms with van der Waals surface area (Å²) in [6.07, 6.45) is 42.6. The minimum Gasteiger partial charge on any atom is -0.0958 e. The van der Waals surface area contributed by atoms with Crippen molar-refractivity contribution in [1.82, 2.24) is 0 Å². The summed E-state index contributed by atoms with van der Waals surface area (Å²) in [4.78, 5) is 0. The number of allylic oxidation sites excluding steroid dienone is 21. The monoisotopic (exact) mass is 705 g/mol. The number of unbranched alkanes of at least 4 members (excludes halogenated alkanes) is 2. The van der Waals surface area contributed by atoms with Crippen molar-refractivity contribution < 1.29 is 0 Å². The maximum absolute atomic E-state index is 4.37. The summed E-state index contributed by atoms with van der Waals surface area (Å²) < 4.78 is 0. The van der Waals surface area contributed by atoms with Gasteiger partial charge in [0.2, 0.25) is 0 Å². The third kappa shape index (κ3) is 16.9. The summed E-state index contributed by atoms with van der Waals surface area (Å²) in [7, 11) is 0. The zero-order valence-electron chi connectivity index (χ0n) is 36.4. The molecular formula is C52H80. The average Bonchev–Trinajstić information content (AvgIpc) is 3.02. The van der Waals surface area contributed by atoms with Gasteiger partial charge in [-0.2, -0.15) is 0 Å². The van der Waals surface area contributed by atoms with Crippen LogP contribution in [0.25, 0.3) is 0 Å². The van der Waals surface area contributed by atoms with Crippen LogP contribution in [0.4, 0.5) is 0 Å². The quantitative estimate of drug-likeness (QED) is 0.0927. The molecule has 0 amide bonds. The van der Waals surface area contributed by atoms with Gasteiger partial charge in [0.1, 0.15) is 0 Å². The van der Waals surface area contributed by atoms with E-state index in [0.29, 0.717) is 11.3 Å². The second-order valence-corrected chi connectivity index (χ2v) is 18.3. The lowest BCUT2D eigenvalue weighted by Crippen LogP contribution is -2.19. The highest BCUT2D eigenvalue weighted by molar-refractivity contribution is 5.38. The van der Waals surface area contributed by atoms with Crippen LogP contribution in [-0.2, 0) is 0 Å². The number of hydrogen-bond acceptors (Lipinski definition) is 0. The van der Waals surface area contributed by atoms with Gasteiger partial charge in [0.15, 0.2) is 0 Å². The fourth-order valence-electron chi connectivity index (χ4n) is 8.42. The van der Waals surface area contributed by atoms with Crippen LogP contribution >= 0.6 is 0 Å². The summed E-state index contributed by atoms with van der Waals surface area (Å²) in [5, 5.41) is 0. The second-order valence-electron chi connectivity index (χ2n) is 18.3. The molecular weight excluding hydrogens is 625 g/mol. The van der Waals surface area contributed by atoms with E-state index in [1.54, 1.807) is 11.1 Å². The zero-order chi connectivity index (χ0) is 38.9. The zero-order valence-corrected chi connectivity index (χ0v) is 36.4. The van der Waals surface area contributed by atoms with Gasteiger partial charge in [-0.3, -0.25) is 0 Å². The van der Waals surface area contributed by atoms with Gasteiger partial charge in [0, 0.05) is 0 Å². The molecule has 0 aliphatic heterocycles. The van der Waals surface area contributed by atoms with Gasteiger partial charge < -0.3 is 0 Å². The Morgan fingerprint density at radius 3 is 1.65 bits per heavy atom. The first kappa shape index (κ1) is 45.3. The molecule has 2 aliphatic carbocycles. The SMILES string of the molecule is C=C(/C=C(C)/C=C/C=C(C)/C=C/C1=C(C)CCCC1(C)C)CCCCCC(CC(C)/C=C(C)/C=C/C=C(C)/C=C/C1=C(C)CCCC1(C)C)C(C)C. The minimum atomic E-state index is 0.289. The van der Waals surface area contributed by atoms with Crippen LogP contribution in [-0.4, -0.2) is 0 Å². The topological polar surface area (TPSA) is 0 Å². The Morgan fingerprint density at radius 2 is 1.17 bits per heavy atom. The molecule has 0 heterocycles.